The van der Waals surface area contributed by atoms with Gasteiger partial charge in [0.1, 0.15) is 12.0 Å². The molecule has 0 aliphatic carbocycles. The van der Waals surface area contributed by atoms with Crippen LogP contribution in [0.25, 0.3) is 6.08 Å². The molecular weight excluding hydrogens is 188 g/mol. The van der Waals surface area contributed by atoms with E-state index in [0.29, 0.717) is 12.0 Å². The Morgan fingerprint density at radius 2 is 2.47 bits per heavy atom. The topological polar surface area (TPSA) is 38.1 Å². The van der Waals surface area contributed by atoms with Gasteiger partial charge in [-0.3, -0.25) is 0 Å². The molecule has 3 heterocycles. The quantitative estimate of drug-likeness (QED) is 0.802. The number of rotatable bonds is 2. The van der Waals surface area contributed by atoms with Crippen LogP contribution < -0.4 is 5.32 Å². The molecule has 0 aromatic carbocycles. The van der Waals surface area contributed by atoms with Crippen molar-refractivity contribution in [3.63, 3.8) is 0 Å². The van der Waals surface area contributed by atoms with Gasteiger partial charge in [-0.05, 0) is 31.3 Å². The zero-order valence-corrected chi connectivity index (χ0v) is 8.73. The van der Waals surface area contributed by atoms with Crippen molar-refractivity contribution in [2.75, 3.05) is 0 Å². The largest absolute Gasteiger partial charge is 0.364 e. The average Bonchev–Trinajstić information content (AvgIpc) is 2.85. The SMILES string of the molecule is C(=CC1CC2CCCC1N2)c1ccon1. The van der Waals surface area contributed by atoms with Crippen LogP contribution in [0.3, 0.4) is 0 Å². The molecule has 3 nitrogen and oxygen atoms in total. The number of hydrogen-bond acceptors (Lipinski definition) is 3. The Kier molecular flexibility index (Phi) is 2.33. The summed E-state index contributed by atoms with van der Waals surface area (Å²) in [6, 6.07) is 3.35. The van der Waals surface area contributed by atoms with Crippen molar-refractivity contribution in [1.29, 1.82) is 0 Å². The van der Waals surface area contributed by atoms with Gasteiger partial charge in [0.15, 0.2) is 0 Å². The molecule has 80 valence electrons. The molecule has 3 unspecified atom stereocenters. The van der Waals surface area contributed by atoms with Crippen molar-refractivity contribution in [2.45, 2.75) is 37.8 Å². The fourth-order valence-electron chi connectivity index (χ4n) is 2.81. The molecule has 2 bridgehead atoms. The lowest BCUT2D eigenvalue weighted by Gasteiger charge is -2.21. The lowest BCUT2D eigenvalue weighted by molar-refractivity contribution is 0.393. The lowest BCUT2D eigenvalue weighted by atomic mass is 9.98. The molecule has 0 saturated carbocycles. The third-order valence-corrected chi connectivity index (χ3v) is 3.56. The molecular formula is C12H16N2O. The summed E-state index contributed by atoms with van der Waals surface area (Å²) in [6.45, 7) is 0. The molecule has 3 heteroatoms. The molecule has 3 atom stereocenters. The summed E-state index contributed by atoms with van der Waals surface area (Å²) in [5, 5.41) is 7.56. The Morgan fingerprint density at radius 3 is 3.27 bits per heavy atom. The van der Waals surface area contributed by atoms with Gasteiger partial charge in [0.25, 0.3) is 0 Å². The third-order valence-electron chi connectivity index (χ3n) is 3.56. The molecule has 1 N–H and O–H groups in total. The molecule has 0 spiro atoms. The zero-order valence-electron chi connectivity index (χ0n) is 8.73. The maximum absolute atomic E-state index is 4.80. The fourth-order valence-corrected chi connectivity index (χ4v) is 2.81. The van der Waals surface area contributed by atoms with Gasteiger partial charge in [0.05, 0.1) is 0 Å². The van der Waals surface area contributed by atoms with Gasteiger partial charge < -0.3 is 9.84 Å². The number of piperidine rings is 1. The van der Waals surface area contributed by atoms with Crippen LogP contribution in [0.5, 0.6) is 0 Å². The summed E-state index contributed by atoms with van der Waals surface area (Å²) >= 11 is 0. The van der Waals surface area contributed by atoms with Gasteiger partial charge in [-0.25, -0.2) is 0 Å². The first kappa shape index (κ1) is 9.16. The van der Waals surface area contributed by atoms with E-state index in [1.807, 2.05) is 6.07 Å². The lowest BCUT2D eigenvalue weighted by Crippen LogP contribution is -2.35. The first-order valence-electron chi connectivity index (χ1n) is 5.76. The van der Waals surface area contributed by atoms with Crippen LogP contribution in [0.1, 0.15) is 31.4 Å². The molecule has 2 fully saturated rings. The number of nitrogens with one attached hydrogen (secondary N) is 1. The van der Waals surface area contributed by atoms with Crippen molar-refractivity contribution < 1.29 is 4.52 Å². The van der Waals surface area contributed by atoms with Crippen LogP contribution in [0.15, 0.2) is 22.9 Å². The Bertz CT molecular complexity index is 345. The standard InChI is InChI=1S/C12H16N2O/c1-2-11-8-9(12(3-1)13-11)4-5-10-6-7-15-14-10/h4-7,9,11-13H,1-3,8H2. The summed E-state index contributed by atoms with van der Waals surface area (Å²) in [4.78, 5) is 0. The minimum atomic E-state index is 0.689. The highest BCUT2D eigenvalue weighted by molar-refractivity contribution is 5.43. The van der Waals surface area contributed by atoms with E-state index in [0.717, 1.165) is 11.7 Å². The molecule has 0 radical (unpaired) electrons. The highest BCUT2D eigenvalue weighted by Gasteiger charge is 2.34. The summed E-state index contributed by atoms with van der Waals surface area (Å²) in [7, 11) is 0. The van der Waals surface area contributed by atoms with Gasteiger partial charge >= 0.3 is 0 Å². The highest BCUT2D eigenvalue weighted by Crippen LogP contribution is 2.32. The van der Waals surface area contributed by atoms with E-state index >= 15 is 0 Å². The monoisotopic (exact) mass is 204 g/mol. The second-order valence-electron chi connectivity index (χ2n) is 4.58. The van der Waals surface area contributed by atoms with Crippen LogP contribution in [0.4, 0.5) is 0 Å². The molecule has 2 aliphatic rings. The minimum Gasteiger partial charge on any atom is -0.364 e. The third kappa shape index (κ3) is 1.84. The predicted molar refractivity (Wildman–Crippen MR) is 58.2 cm³/mol. The van der Waals surface area contributed by atoms with Crippen LogP contribution in [0, 0.1) is 5.92 Å². The second kappa shape index (κ2) is 3.81. The van der Waals surface area contributed by atoms with Crippen molar-refractivity contribution in [3.8, 4) is 0 Å². The molecule has 2 aliphatic heterocycles. The number of aromatic nitrogens is 1. The molecule has 3 rings (SSSR count). The molecule has 15 heavy (non-hydrogen) atoms. The van der Waals surface area contributed by atoms with Gasteiger partial charge in [0, 0.05) is 18.2 Å². The van der Waals surface area contributed by atoms with Crippen molar-refractivity contribution in [2.24, 2.45) is 5.92 Å². The average molecular weight is 204 g/mol. The Hall–Kier alpha value is -1.09. The summed E-state index contributed by atoms with van der Waals surface area (Å²) in [5.74, 6) is 0.689. The van der Waals surface area contributed by atoms with Gasteiger partial charge in [-0.15, -0.1) is 0 Å². The summed E-state index contributed by atoms with van der Waals surface area (Å²) < 4.78 is 4.80. The van der Waals surface area contributed by atoms with Gasteiger partial charge in [-0.2, -0.15) is 0 Å². The molecule has 0 amide bonds. The zero-order chi connectivity index (χ0) is 10.1. The normalized spacial score (nSPS) is 35.1. The van der Waals surface area contributed by atoms with E-state index in [9.17, 15) is 0 Å². The Labute approximate surface area is 89.5 Å². The van der Waals surface area contributed by atoms with Gasteiger partial charge in [0.2, 0.25) is 0 Å². The van der Waals surface area contributed by atoms with E-state index in [1.54, 1.807) is 6.26 Å². The van der Waals surface area contributed by atoms with E-state index in [-0.39, 0.29) is 0 Å². The van der Waals surface area contributed by atoms with E-state index in [1.165, 1.54) is 25.7 Å². The van der Waals surface area contributed by atoms with Crippen LogP contribution in [0.2, 0.25) is 0 Å². The number of nitrogens with zero attached hydrogens (tertiary/aromatic N) is 1. The smallest absolute Gasteiger partial charge is 0.124 e. The first-order chi connectivity index (χ1) is 7.42. The molecule has 1 aromatic rings. The maximum atomic E-state index is 4.80. The van der Waals surface area contributed by atoms with Crippen molar-refractivity contribution in [3.05, 3.63) is 24.1 Å². The minimum absolute atomic E-state index is 0.689. The Balaban J connectivity index is 1.68. The fraction of sp³-hybridized carbons (Fsp3) is 0.583. The number of fused-ring (bicyclic) bond motifs is 2. The van der Waals surface area contributed by atoms with Crippen LogP contribution in [-0.4, -0.2) is 17.2 Å². The maximum Gasteiger partial charge on any atom is 0.124 e. The molecule has 1 aromatic heterocycles. The van der Waals surface area contributed by atoms with E-state index in [2.05, 4.69) is 22.6 Å². The van der Waals surface area contributed by atoms with Crippen LogP contribution in [-0.2, 0) is 0 Å². The van der Waals surface area contributed by atoms with Crippen molar-refractivity contribution >= 4 is 6.08 Å². The van der Waals surface area contributed by atoms with Crippen LogP contribution >= 0.6 is 0 Å². The second-order valence-corrected chi connectivity index (χ2v) is 4.58. The highest BCUT2D eigenvalue weighted by atomic mass is 16.5. The number of hydrogen-bond donors (Lipinski definition) is 1. The Morgan fingerprint density at radius 1 is 1.47 bits per heavy atom. The predicted octanol–water partition coefficient (Wildman–Crippen LogP) is 2.22. The van der Waals surface area contributed by atoms with Crippen molar-refractivity contribution in [1.82, 2.24) is 10.5 Å². The summed E-state index contributed by atoms with van der Waals surface area (Å²) in [6.07, 6.45) is 11.3. The van der Waals surface area contributed by atoms with E-state index < -0.39 is 0 Å². The first-order valence-corrected chi connectivity index (χ1v) is 5.76. The van der Waals surface area contributed by atoms with Gasteiger partial charge in [-0.1, -0.05) is 17.7 Å². The molecule has 2 saturated heterocycles. The van der Waals surface area contributed by atoms with E-state index in [4.69, 9.17) is 4.52 Å². The summed E-state index contributed by atoms with van der Waals surface area (Å²) in [5.41, 5.74) is 0.927.